The van der Waals surface area contributed by atoms with E-state index < -0.39 is 6.10 Å². The Morgan fingerprint density at radius 1 is 1.00 bits per heavy atom. The van der Waals surface area contributed by atoms with E-state index in [9.17, 15) is 5.11 Å². The molecule has 2 heterocycles. The summed E-state index contributed by atoms with van der Waals surface area (Å²) >= 11 is 0. The third kappa shape index (κ3) is 6.92. The number of nitrogens with one attached hydrogen (secondary N) is 1. The summed E-state index contributed by atoms with van der Waals surface area (Å²) in [6.45, 7) is 7.05. The maximum absolute atomic E-state index is 10.9. The van der Waals surface area contributed by atoms with Gasteiger partial charge in [0.25, 0.3) is 0 Å². The van der Waals surface area contributed by atoms with Crippen LogP contribution in [-0.2, 0) is 22.5 Å². The van der Waals surface area contributed by atoms with Gasteiger partial charge in [-0.05, 0) is 65.9 Å². The zero-order valence-electron chi connectivity index (χ0n) is 23.0. The molecule has 7 heteroatoms. The predicted molar refractivity (Wildman–Crippen MR) is 153 cm³/mol. The molecule has 0 amide bonds. The lowest BCUT2D eigenvalue weighted by Gasteiger charge is -2.36. The lowest BCUT2D eigenvalue weighted by Crippen LogP contribution is -2.49. The molecule has 7 nitrogen and oxygen atoms in total. The maximum Gasteiger partial charge on any atom is 0.142 e. The van der Waals surface area contributed by atoms with Gasteiger partial charge in [-0.2, -0.15) is 0 Å². The number of β-amino-alcohol motifs (C(OH)–C–C–N with tert-alkyl or cyclic N) is 1. The van der Waals surface area contributed by atoms with E-state index in [4.69, 9.17) is 18.9 Å². The first kappa shape index (κ1) is 27.5. The molecule has 1 saturated heterocycles. The number of aliphatic hydroxyl groups is 1. The molecule has 5 rings (SSSR count). The molecule has 3 atom stereocenters. The Hall–Kier alpha value is -3.10. The van der Waals surface area contributed by atoms with Gasteiger partial charge in [-0.1, -0.05) is 37.3 Å². The van der Waals surface area contributed by atoms with Crippen molar-refractivity contribution in [3.63, 3.8) is 0 Å². The molecule has 2 aliphatic heterocycles. The van der Waals surface area contributed by atoms with Gasteiger partial charge in [0.2, 0.25) is 0 Å². The summed E-state index contributed by atoms with van der Waals surface area (Å²) in [5.74, 6) is 2.39. The number of anilines is 1. The van der Waals surface area contributed by atoms with E-state index in [0.717, 1.165) is 66.6 Å². The topological polar surface area (TPSA) is 72.4 Å². The fourth-order valence-corrected chi connectivity index (χ4v) is 5.44. The van der Waals surface area contributed by atoms with Crippen LogP contribution in [0, 0.1) is 0 Å². The smallest absolute Gasteiger partial charge is 0.142 e. The van der Waals surface area contributed by atoms with Crippen molar-refractivity contribution in [3.8, 4) is 17.2 Å². The summed E-state index contributed by atoms with van der Waals surface area (Å²) in [6, 6.07) is 22.5. The largest absolute Gasteiger partial charge is 0.490 e. The normalized spacial score (nSPS) is 20.8. The van der Waals surface area contributed by atoms with Gasteiger partial charge in [0.05, 0.1) is 31.0 Å². The number of nitrogens with zero attached hydrogens (tertiary/aromatic N) is 1. The summed E-state index contributed by atoms with van der Waals surface area (Å²) in [5.41, 5.74) is 4.49. The molecule has 0 spiro atoms. The molecule has 2 aliphatic rings. The van der Waals surface area contributed by atoms with Crippen molar-refractivity contribution in [1.82, 2.24) is 5.32 Å². The van der Waals surface area contributed by atoms with Crippen molar-refractivity contribution >= 4 is 5.69 Å². The molecule has 0 saturated carbocycles. The van der Waals surface area contributed by atoms with Gasteiger partial charge < -0.3 is 34.3 Å². The molecule has 3 aromatic carbocycles. The maximum atomic E-state index is 10.9. The van der Waals surface area contributed by atoms with Gasteiger partial charge in [0.15, 0.2) is 0 Å². The highest BCUT2D eigenvalue weighted by Gasteiger charge is 2.34. The molecular weight excluding hydrogens is 492 g/mol. The van der Waals surface area contributed by atoms with Crippen LogP contribution in [0.25, 0.3) is 0 Å². The Balaban J connectivity index is 1.25. The van der Waals surface area contributed by atoms with Gasteiger partial charge in [-0.15, -0.1) is 0 Å². The van der Waals surface area contributed by atoms with Crippen molar-refractivity contribution in [3.05, 3.63) is 83.4 Å². The molecule has 0 bridgehead atoms. The Labute approximate surface area is 231 Å². The van der Waals surface area contributed by atoms with E-state index in [-0.39, 0.29) is 12.0 Å². The van der Waals surface area contributed by atoms with Crippen LogP contribution < -0.4 is 19.7 Å². The molecule has 3 aromatic rings. The standard InChI is InChI=1S/C32H40N2O5/c1-3-23-6-4-7-27(18-23)39-26-11-9-25(10-12-26)32-29(35)20-33-21-31(32)38-22-24-8-13-30-28(19-24)34(15-17-37-30)14-5-16-36-2/h4,6-13,18-19,29,31-33,35H,3,5,14-17,20-22H2,1-2H3. The first-order valence-electron chi connectivity index (χ1n) is 14.0. The van der Waals surface area contributed by atoms with Crippen molar-refractivity contribution in [2.45, 2.75) is 44.5 Å². The number of aliphatic hydroxyl groups excluding tert-OH is 1. The van der Waals surface area contributed by atoms with E-state index in [1.54, 1.807) is 7.11 Å². The van der Waals surface area contributed by atoms with Gasteiger partial charge in [0, 0.05) is 39.3 Å². The number of benzene rings is 3. The number of fused-ring (bicyclic) bond motifs is 1. The van der Waals surface area contributed by atoms with E-state index in [2.05, 4.69) is 41.4 Å². The molecule has 2 N–H and O–H groups in total. The van der Waals surface area contributed by atoms with Crippen LogP contribution in [0.2, 0.25) is 0 Å². The number of aryl methyl sites for hydroxylation is 1. The second kappa shape index (κ2) is 13.3. The predicted octanol–water partition coefficient (Wildman–Crippen LogP) is 4.91. The van der Waals surface area contributed by atoms with E-state index >= 15 is 0 Å². The number of methoxy groups -OCH3 is 1. The zero-order chi connectivity index (χ0) is 27.0. The summed E-state index contributed by atoms with van der Waals surface area (Å²) in [4.78, 5) is 2.36. The highest BCUT2D eigenvalue weighted by atomic mass is 16.5. The van der Waals surface area contributed by atoms with Crippen molar-refractivity contribution in [1.29, 1.82) is 0 Å². The minimum Gasteiger partial charge on any atom is -0.490 e. The van der Waals surface area contributed by atoms with Crippen LogP contribution in [0.3, 0.4) is 0 Å². The third-order valence-corrected chi connectivity index (χ3v) is 7.54. The Bertz CT molecular complexity index is 1200. The quantitative estimate of drug-likeness (QED) is 0.340. The second-order valence-corrected chi connectivity index (χ2v) is 10.3. The molecule has 1 fully saturated rings. The average molecular weight is 533 g/mol. The molecule has 0 aromatic heterocycles. The van der Waals surface area contributed by atoms with Crippen molar-refractivity contribution < 1.29 is 24.1 Å². The van der Waals surface area contributed by atoms with Crippen LogP contribution in [0.15, 0.2) is 66.7 Å². The number of hydrogen-bond donors (Lipinski definition) is 2. The first-order valence-corrected chi connectivity index (χ1v) is 14.0. The summed E-state index contributed by atoms with van der Waals surface area (Å²) in [6.07, 6.45) is 1.24. The van der Waals surface area contributed by atoms with Gasteiger partial charge in [-0.3, -0.25) is 0 Å². The average Bonchev–Trinajstić information content (AvgIpc) is 2.97. The Kier molecular flexibility index (Phi) is 9.37. The molecule has 208 valence electrons. The fourth-order valence-electron chi connectivity index (χ4n) is 5.44. The van der Waals surface area contributed by atoms with E-state index in [0.29, 0.717) is 26.3 Å². The monoisotopic (exact) mass is 532 g/mol. The number of hydrogen-bond acceptors (Lipinski definition) is 7. The molecule has 39 heavy (non-hydrogen) atoms. The fraction of sp³-hybridized carbons (Fsp3) is 0.438. The molecular formula is C32H40N2O5. The number of rotatable bonds is 11. The Morgan fingerprint density at radius 2 is 1.87 bits per heavy atom. The zero-order valence-corrected chi connectivity index (χ0v) is 23.0. The summed E-state index contributed by atoms with van der Waals surface area (Å²) < 4.78 is 23.7. The van der Waals surface area contributed by atoms with E-state index in [1.807, 2.05) is 42.5 Å². The lowest BCUT2D eigenvalue weighted by atomic mass is 9.85. The molecule has 0 aliphatic carbocycles. The van der Waals surface area contributed by atoms with Crippen LogP contribution in [0.4, 0.5) is 5.69 Å². The first-order chi connectivity index (χ1) is 19.1. The van der Waals surface area contributed by atoms with Gasteiger partial charge in [0.1, 0.15) is 23.9 Å². The van der Waals surface area contributed by atoms with Crippen LogP contribution in [0.5, 0.6) is 17.2 Å². The summed E-state index contributed by atoms with van der Waals surface area (Å²) in [5, 5.41) is 14.3. The Morgan fingerprint density at radius 3 is 2.69 bits per heavy atom. The van der Waals surface area contributed by atoms with Crippen molar-refractivity contribution in [2.75, 3.05) is 51.4 Å². The van der Waals surface area contributed by atoms with Crippen LogP contribution >= 0.6 is 0 Å². The minimum absolute atomic E-state index is 0.129. The lowest BCUT2D eigenvalue weighted by molar-refractivity contribution is -0.0328. The van der Waals surface area contributed by atoms with Gasteiger partial charge in [-0.25, -0.2) is 0 Å². The summed E-state index contributed by atoms with van der Waals surface area (Å²) in [7, 11) is 1.74. The minimum atomic E-state index is -0.537. The third-order valence-electron chi connectivity index (χ3n) is 7.54. The SMILES string of the molecule is CCc1cccc(Oc2ccc(C3C(O)CNCC3OCc3ccc4c(c3)N(CCCOC)CCO4)cc2)c1. The van der Waals surface area contributed by atoms with Crippen molar-refractivity contribution in [2.24, 2.45) is 0 Å². The molecule has 0 radical (unpaired) electrons. The second-order valence-electron chi connectivity index (χ2n) is 10.3. The van der Waals surface area contributed by atoms with Gasteiger partial charge >= 0.3 is 0 Å². The number of ether oxygens (including phenoxy) is 4. The molecule has 3 unspecified atom stereocenters. The van der Waals surface area contributed by atoms with Crippen LogP contribution in [-0.4, -0.2) is 63.8 Å². The highest BCUT2D eigenvalue weighted by molar-refractivity contribution is 5.61. The van der Waals surface area contributed by atoms with Crippen LogP contribution in [0.1, 0.15) is 36.0 Å². The number of piperidine rings is 1. The van der Waals surface area contributed by atoms with E-state index in [1.165, 1.54) is 5.56 Å². The highest BCUT2D eigenvalue weighted by Crippen LogP contribution is 2.34.